The molecule has 11 heteroatoms. The fraction of sp³-hybridized carbons (Fsp3) is 0.240. The molecule has 0 N–H and O–H groups in total. The van der Waals surface area contributed by atoms with E-state index in [0.717, 1.165) is 10.7 Å². The third-order valence-corrected chi connectivity index (χ3v) is 6.78. The molecule has 0 atom stereocenters. The van der Waals surface area contributed by atoms with Crippen molar-refractivity contribution in [3.05, 3.63) is 98.0 Å². The van der Waals surface area contributed by atoms with Crippen molar-refractivity contribution in [1.29, 1.82) is 0 Å². The molecule has 0 saturated heterocycles. The van der Waals surface area contributed by atoms with E-state index in [2.05, 4.69) is 5.10 Å². The number of Topliss-reactive ketones (excluding diaryl/α,β-unsaturated/α-hetero) is 1. The number of aromatic nitrogens is 3. The lowest BCUT2D eigenvalue weighted by Gasteiger charge is -2.12. The van der Waals surface area contributed by atoms with Crippen LogP contribution in [0.4, 0.5) is 17.6 Å². The van der Waals surface area contributed by atoms with E-state index < -0.39 is 23.2 Å². The van der Waals surface area contributed by atoms with Gasteiger partial charge in [0.1, 0.15) is 12.4 Å². The summed E-state index contributed by atoms with van der Waals surface area (Å²) in [6.07, 6.45) is -4.25. The van der Waals surface area contributed by atoms with Crippen molar-refractivity contribution in [3.63, 3.8) is 0 Å². The number of hydrogen-bond acceptors (Lipinski definition) is 4. The summed E-state index contributed by atoms with van der Waals surface area (Å²) < 4.78 is 56.5. The Kier molecular flexibility index (Phi) is 7.75. The maximum absolute atomic E-state index is 14.3. The van der Waals surface area contributed by atoms with Gasteiger partial charge in [0.25, 0.3) is 0 Å². The van der Waals surface area contributed by atoms with Crippen molar-refractivity contribution in [2.75, 3.05) is 0 Å². The standard InChI is InChI=1S/C25H20ClF4N3O2S/c26-22-13-12-21(36-22)23-31-33(24(35)32(23)14-17-7-2-4-11-20(17)27)15-18(34)9-5-8-16-6-1-3-10-19(16)25(28,29)30/h1-4,6-7,10-13H,5,8-9,14-15H2. The molecule has 0 amide bonds. The molecule has 4 rings (SSSR count). The Hall–Kier alpha value is -3.24. The first-order valence-corrected chi connectivity index (χ1v) is 12.2. The minimum Gasteiger partial charge on any atom is -0.298 e. The van der Waals surface area contributed by atoms with E-state index in [4.69, 9.17) is 11.6 Å². The van der Waals surface area contributed by atoms with E-state index in [1.54, 1.807) is 24.3 Å². The molecule has 0 radical (unpaired) electrons. The minimum atomic E-state index is -4.47. The Morgan fingerprint density at radius 1 is 1.00 bits per heavy atom. The number of alkyl halides is 3. The summed E-state index contributed by atoms with van der Waals surface area (Å²) in [5.74, 6) is -0.595. The van der Waals surface area contributed by atoms with Crippen LogP contribution in [0.3, 0.4) is 0 Å². The molecule has 36 heavy (non-hydrogen) atoms. The van der Waals surface area contributed by atoms with E-state index in [1.165, 1.54) is 46.2 Å². The lowest BCUT2D eigenvalue weighted by Crippen LogP contribution is -2.28. The molecule has 0 unspecified atom stereocenters. The summed E-state index contributed by atoms with van der Waals surface area (Å²) in [5, 5.41) is 4.30. The Morgan fingerprint density at radius 3 is 2.36 bits per heavy atom. The zero-order valence-electron chi connectivity index (χ0n) is 18.8. The lowest BCUT2D eigenvalue weighted by molar-refractivity contribution is -0.138. The second kappa shape index (κ2) is 10.8. The normalized spacial score (nSPS) is 11.7. The third-order valence-electron chi connectivity index (χ3n) is 5.55. The van der Waals surface area contributed by atoms with Crippen molar-refractivity contribution >= 4 is 28.7 Å². The summed E-state index contributed by atoms with van der Waals surface area (Å²) in [4.78, 5) is 26.3. The van der Waals surface area contributed by atoms with Gasteiger partial charge in [-0.05, 0) is 42.7 Å². The fourth-order valence-corrected chi connectivity index (χ4v) is 4.87. The number of thiophene rings is 1. The van der Waals surface area contributed by atoms with E-state index in [0.29, 0.717) is 9.21 Å². The van der Waals surface area contributed by atoms with Gasteiger partial charge in [0.2, 0.25) is 0 Å². The smallest absolute Gasteiger partial charge is 0.298 e. The highest BCUT2D eigenvalue weighted by Crippen LogP contribution is 2.32. The highest BCUT2D eigenvalue weighted by Gasteiger charge is 2.32. The number of carbonyl (C=O) groups excluding carboxylic acids is 1. The van der Waals surface area contributed by atoms with Crippen LogP contribution in [0, 0.1) is 5.82 Å². The van der Waals surface area contributed by atoms with Crippen LogP contribution in [0.25, 0.3) is 10.7 Å². The third kappa shape index (κ3) is 5.93. The monoisotopic (exact) mass is 537 g/mol. The Balaban J connectivity index is 1.51. The molecule has 2 aromatic heterocycles. The molecule has 0 aliphatic rings. The molecule has 0 bridgehead atoms. The molecule has 0 saturated carbocycles. The SMILES string of the molecule is O=C(CCCc1ccccc1C(F)(F)F)Cn1nc(-c2ccc(Cl)s2)n(Cc2ccccc2F)c1=O. The van der Waals surface area contributed by atoms with Gasteiger partial charge in [-0.15, -0.1) is 16.4 Å². The molecule has 188 valence electrons. The summed E-state index contributed by atoms with van der Waals surface area (Å²) >= 11 is 7.22. The predicted molar refractivity (Wildman–Crippen MR) is 130 cm³/mol. The van der Waals surface area contributed by atoms with Crippen LogP contribution in [0.1, 0.15) is 29.5 Å². The topological polar surface area (TPSA) is 56.9 Å². The molecule has 4 aromatic rings. The van der Waals surface area contributed by atoms with Gasteiger partial charge in [-0.2, -0.15) is 13.2 Å². The van der Waals surface area contributed by atoms with Crippen molar-refractivity contribution in [3.8, 4) is 10.7 Å². The van der Waals surface area contributed by atoms with Crippen LogP contribution in [0.15, 0.2) is 65.5 Å². The molecule has 0 fully saturated rings. The van der Waals surface area contributed by atoms with Crippen molar-refractivity contribution < 1.29 is 22.4 Å². The zero-order valence-corrected chi connectivity index (χ0v) is 20.3. The van der Waals surface area contributed by atoms with Gasteiger partial charge in [0.05, 0.1) is 21.3 Å². The van der Waals surface area contributed by atoms with Crippen LogP contribution in [-0.4, -0.2) is 20.1 Å². The number of benzene rings is 2. The van der Waals surface area contributed by atoms with Crippen LogP contribution < -0.4 is 5.69 Å². The summed E-state index contributed by atoms with van der Waals surface area (Å²) in [6, 6.07) is 14.6. The Morgan fingerprint density at radius 2 is 1.69 bits per heavy atom. The van der Waals surface area contributed by atoms with Gasteiger partial charge in [0, 0.05) is 12.0 Å². The van der Waals surface area contributed by atoms with Crippen LogP contribution in [-0.2, 0) is 30.5 Å². The molecule has 0 spiro atoms. The maximum atomic E-state index is 14.3. The molecule has 0 aliphatic heterocycles. The molecule has 0 aliphatic carbocycles. The quantitative estimate of drug-likeness (QED) is 0.238. The van der Waals surface area contributed by atoms with Crippen LogP contribution >= 0.6 is 22.9 Å². The first-order valence-electron chi connectivity index (χ1n) is 11.0. The van der Waals surface area contributed by atoms with E-state index in [9.17, 15) is 27.2 Å². The summed E-state index contributed by atoms with van der Waals surface area (Å²) in [6.45, 7) is -0.449. The summed E-state index contributed by atoms with van der Waals surface area (Å²) in [5.41, 5.74) is -0.938. The minimum absolute atomic E-state index is 0.0288. The largest absolute Gasteiger partial charge is 0.416 e. The second-order valence-electron chi connectivity index (χ2n) is 8.09. The number of rotatable bonds is 9. The van der Waals surface area contributed by atoms with E-state index >= 15 is 0 Å². The predicted octanol–water partition coefficient (Wildman–Crippen LogP) is 6.22. The van der Waals surface area contributed by atoms with E-state index in [1.807, 2.05) is 0 Å². The average molecular weight is 538 g/mol. The molecule has 5 nitrogen and oxygen atoms in total. The van der Waals surface area contributed by atoms with Crippen molar-refractivity contribution in [2.24, 2.45) is 0 Å². The highest BCUT2D eigenvalue weighted by atomic mass is 35.5. The van der Waals surface area contributed by atoms with Gasteiger partial charge < -0.3 is 0 Å². The van der Waals surface area contributed by atoms with Crippen molar-refractivity contribution in [2.45, 2.75) is 38.5 Å². The number of nitrogens with zero attached hydrogens (tertiary/aromatic N) is 3. The van der Waals surface area contributed by atoms with Crippen molar-refractivity contribution in [1.82, 2.24) is 14.3 Å². The molecular formula is C25H20ClF4N3O2S. The second-order valence-corrected chi connectivity index (χ2v) is 9.81. The number of carbonyl (C=O) groups is 1. The van der Waals surface area contributed by atoms with Crippen LogP contribution in [0.5, 0.6) is 0 Å². The van der Waals surface area contributed by atoms with Gasteiger partial charge in [0.15, 0.2) is 11.6 Å². The van der Waals surface area contributed by atoms with Gasteiger partial charge in [-0.1, -0.05) is 48.0 Å². The molecular weight excluding hydrogens is 518 g/mol. The van der Waals surface area contributed by atoms with Gasteiger partial charge >= 0.3 is 11.9 Å². The fourth-order valence-electron chi connectivity index (χ4n) is 3.84. The first-order chi connectivity index (χ1) is 17.1. The molecule has 2 heterocycles. The Bertz CT molecular complexity index is 1440. The van der Waals surface area contributed by atoms with Crippen LogP contribution in [0.2, 0.25) is 4.34 Å². The lowest BCUT2D eigenvalue weighted by atomic mass is 10.0. The Labute approximate surface area is 212 Å². The number of hydrogen-bond donors (Lipinski definition) is 0. The van der Waals surface area contributed by atoms with Gasteiger partial charge in [-0.25, -0.2) is 13.9 Å². The number of halogens is 5. The maximum Gasteiger partial charge on any atom is 0.416 e. The average Bonchev–Trinajstić information content (AvgIpc) is 3.38. The van der Waals surface area contributed by atoms with E-state index in [-0.39, 0.29) is 55.1 Å². The molecule has 2 aromatic carbocycles. The highest BCUT2D eigenvalue weighted by molar-refractivity contribution is 7.19. The number of ketones is 1. The zero-order chi connectivity index (χ0) is 25.9. The van der Waals surface area contributed by atoms with Gasteiger partial charge in [-0.3, -0.25) is 9.36 Å². The number of aryl methyl sites for hydroxylation is 1. The summed E-state index contributed by atoms with van der Waals surface area (Å²) in [7, 11) is 0. The first kappa shape index (κ1) is 25.8.